The van der Waals surface area contributed by atoms with E-state index < -0.39 is 5.97 Å². The first-order valence-electron chi connectivity index (χ1n) is 8.02. The van der Waals surface area contributed by atoms with Gasteiger partial charge < -0.3 is 10.0 Å². The first-order valence-corrected chi connectivity index (χ1v) is 8.02. The van der Waals surface area contributed by atoms with Crippen LogP contribution in [-0.2, 0) is 11.3 Å². The molecule has 1 aromatic carbocycles. The molecule has 0 unspecified atom stereocenters. The van der Waals surface area contributed by atoms with E-state index in [1.165, 1.54) is 5.69 Å². The Morgan fingerprint density at radius 2 is 1.73 bits per heavy atom. The molecule has 0 atom stereocenters. The number of aliphatic carboxylic acids is 1. The highest BCUT2D eigenvalue weighted by atomic mass is 16.4. The zero-order valence-electron chi connectivity index (χ0n) is 14.5. The van der Waals surface area contributed by atoms with Crippen LogP contribution in [0.3, 0.4) is 0 Å². The van der Waals surface area contributed by atoms with Gasteiger partial charge in [-0.05, 0) is 36.6 Å². The summed E-state index contributed by atoms with van der Waals surface area (Å²) in [6.45, 7) is 11.7. The van der Waals surface area contributed by atoms with Gasteiger partial charge in [0.1, 0.15) is 0 Å². The quantitative estimate of drug-likeness (QED) is 0.760. The van der Waals surface area contributed by atoms with Crippen LogP contribution in [0.25, 0.3) is 0 Å². The minimum absolute atomic E-state index is 0.0614. The third kappa shape index (κ3) is 6.94. The van der Waals surface area contributed by atoms with E-state index in [1.54, 1.807) is 0 Å². The van der Waals surface area contributed by atoms with E-state index in [0.717, 1.165) is 18.7 Å². The Morgan fingerprint density at radius 3 is 2.23 bits per heavy atom. The number of carboxylic acid groups (broad SMARTS) is 1. The van der Waals surface area contributed by atoms with Crippen molar-refractivity contribution in [3.05, 3.63) is 29.8 Å². The van der Waals surface area contributed by atoms with Crippen LogP contribution in [0.15, 0.2) is 24.3 Å². The highest BCUT2D eigenvalue weighted by molar-refractivity contribution is 5.69. The summed E-state index contributed by atoms with van der Waals surface area (Å²) in [7, 11) is 1.83. The monoisotopic (exact) mass is 306 g/mol. The second kappa shape index (κ2) is 8.79. The number of rotatable bonds is 9. The molecule has 124 valence electrons. The fourth-order valence-electron chi connectivity index (χ4n) is 2.62. The van der Waals surface area contributed by atoms with E-state index in [4.69, 9.17) is 5.11 Å². The Hall–Kier alpha value is -1.55. The summed E-state index contributed by atoms with van der Waals surface area (Å²) in [6.07, 6.45) is 0. The Morgan fingerprint density at radius 1 is 1.14 bits per heavy atom. The number of hydrogen-bond acceptors (Lipinski definition) is 3. The molecule has 0 fully saturated rings. The molecule has 4 nitrogen and oxygen atoms in total. The SMILES string of the molecule is CC(C)CN(CC(C)C)c1cccc(CN(C)CC(=O)O)c1. The predicted molar refractivity (Wildman–Crippen MR) is 92.3 cm³/mol. The molecule has 0 bridgehead atoms. The molecular formula is C18H30N2O2. The summed E-state index contributed by atoms with van der Waals surface area (Å²) in [4.78, 5) is 15.0. The largest absolute Gasteiger partial charge is 0.480 e. The molecular weight excluding hydrogens is 276 g/mol. The number of benzene rings is 1. The van der Waals surface area contributed by atoms with Gasteiger partial charge in [-0.15, -0.1) is 0 Å². The summed E-state index contributed by atoms with van der Waals surface area (Å²) < 4.78 is 0. The fourth-order valence-corrected chi connectivity index (χ4v) is 2.62. The van der Waals surface area contributed by atoms with E-state index in [0.29, 0.717) is 18.4 Å². The lowest BCUT2D eigenvalue weighted by Crippen LogP contribution is -2.31. The van der Waals surface area contributed by atoms with E-state index >= 15 is 0 Å². The van der Waals surface area contributed by atoms with Gasteiger partial charge in [0, 0.05) is 25.3 Å². The van der Waals surface area contributed by atoms with E-state index in [2.05, 4.69) is 56.9 Å². The van der Waals surface area contributed by atoms with Crippen molar-refractivity contribution >= 4 is 11.7 Å². The number of hydrogen-bond donors (Lipinski definition) is 1. The van der Waals surface area contributed by atoms with Crippen molar-refractivity contribution < 1.29 is 9.90 Å². The van der Waals surface area contributed by atoms with Gasteiger partial charge in [-0.1, -0.05) is 39.8 Å². The van der Waals surface area contributed by atoms with Crippen molar-refractivity contribution in [2.75, 3.05) is 31.6 Å². The standard InChI is InChI=1S/C18H30N2O2/c1-14(2)10-20(11-15(3)4)17-8-6-7-16(9-17)12-19(5)13-18(21)22/h6-9,14-15H,10-13H2,1-5H3,(H,21,22). The molecule has 22 heavy (non-hydrogen) atoms. The Balaban J connectivity index is 2.84. The lowest BCUT2D eigenvalue weighted by molar-refractivity contribution is -0.138. The zero-order valence-corrected chi connectivity index (χ0v) is 14.5. The maximum absolute atomic E-state index is 10.8. The highest BCUT2D eigenvalue weighted by Gasteiger charge is 2.12. The van der Waals surface area contributed by atoms with E-state index in [9.17, 15) is 4.79 Å². The molecule has 1 N–H and O–H groups in total. The van der Waals surface area contributed by atoms with Crippen molar-refractivity contribution in [1.82, 2.24) is 4.90 Å². The molecule has 0 aromatic heterocycles. The minimum Gasteiger partial charge on any atom is -0.480 e. The Labute approximate surface area is 134 Å². The molecule has 0 aliphatic heterocycles. The second-order valence-electron chi connectivity index (χ2n) is 6.93. The molecule has 0 saturated heterocycles. The molecule has 0 radical (unpaired) electrons. The van der Waals surface area contributed by atoms with Gasteiger partial charge >= 0.3 is 5.97 Å². The van der Waals surface area contributed by atoms with Crippen LogP contribution in [0.4, 0.5) is 5.69 Å². The van der Waals surface area contributed by atoms with Gasteiger partial charge in [-0.2, -0.15) is 0 Å². The molecule has 0 heterocycles. The molecule has 0 spiro atoms. The van der Waals surface area contributed by atoms with Gasteiger partial charge in [-0.3, -0.25) is 9.69 Å². The van der Waals surface area contributed by atoms with E-state index in [1.807, 2.05) is 11.9 Å². The van der Waals surface area contributed by atoms with Crippen LogP contribution in [-0.4, -0.2) is 42.7 Å². The third-order valence-electron chi connectivity index (χ3n) is 3.30. The van der Waals surface area contributed by atoms with Crippen LogP contribution in [0.5, 0.6) is 0 Å². The smallest absolute Gasteiger partial charge is 0.317 e. The Kier molecular flexibility index (Phi) is 7.39. The van der Waals surface area contributed by atoms with Crippen LogP contribution < -0.4 is 4.90 Å². The number of nitrogens with zero attached hydrogens (tertiary/aromatic N) is 2. The maximum atomic E-state index is 10.8. The third-order valence-corrected chi connectivity index (χ3v) is 3.30. The van der Waals surface area contributed by atoms with Crippen molar-refractivity contribution in [1.29, 1.82) is 0 Å². The number of carboxylic acids is 1. The van der Waals surface area contributed by atoms with E-state index in [-0.39, 0.29) is 6.54 Å². The van der Waals surface area contributed by atoms with Crippen LogP contribution >= 0.6 is 0 Å². The van der Waals surface area contributed by atoms with Gasteiger partial charge in [-0.25, -0.2) is 0 Å². The first kappa shape index (κ1) is 18.5. The van der Waals surface area contributed by atoms with Crippen LogP contribution in [0, 0.1) is 11.8 Å². The van der Waals surface area contributed by atoms with Crippen LogP contribution in [0.2, 0.25) is 0 Å². The first-order chi connectivity index (χ1) is 10.3. The summed E-state index contributed by atoms with van der Waals surface area (Å²) >= 11 is 0. The van der Waals surface area contributed by atoms with Crippen LogP contribution in [0.1, 0.15) is 33.3 Å². The molecule has 0 saturated carbocycles. The van der Waals surface area contributed by atoms with Gasteiger partial charge in [0.15, 0.2) is 0 Å². The second-order valence-corrected chi connectivity index (χ2v) is 6.93. The maximum Gasteiger partial charge on any atom is 0.317 e. The summed E-state index contributed by atoms with van der Waals surface area (Å²) in [5.41, 5.74) is 2.38. The predicted octanol–water partition coefficient (Wildman–Crippen LogP) is 3.32. The number of anilines is 1. The number of carbonyl (C=O) groups is 1. The van der Waals surface area contributed by atoms with Gasteiger partial charge in [0.25, 0.3) is 0 Å². The van der Waals surface area contributed by atoms with Gasteiger partial charge in [0.05, 0.1) is 6.54 Å². The van der Waals surface area contributed by atoms with Crippen molar-refractivity contribution in [3.63, 3.8) is 0 Å². The van der Waals surface area contributed by atoms with Crippen molar-refractivity contribution in [2.24, 2.45) is 11.8 Å². The summed E-state index contributed by atoms with van der Waals surface area (Å²) in [6, 6.07) is 8.45. The fraction of sp³-hybridized carbons (Fsp3) is 0.611. The Bertz CT molecular complexity index is 462. The average Bonchev–Trinajstić information content (AvgIpc) is 2.36. The molecule has 4 heteroatoms. The lowest BCUT2D eigenvalue weighted by atomic mass is 10.1. The summed E-state index contributed by atoms with van der Waals surface area (Å²) in [5, 5.41) is 8.85. The number of likely N-dealkylation sites (N-methyl/N-ethyl adjacent to an activating group) is 1. The molecule has 1 rings (SSSR count). The normalized spacial score (nSPS) is 11.5. The molecule has 1 aromatic rings. The molecule has 0 amide bonds. The minimum atomic E-state index is -0.792. The van der Waals surface area contributed by atoms with Crippen molar-refractivity contribution in [2.45, 2.75) is 34.2 Å². The van der Waals surface area contributed by atoms with Crippen molar-refractivity contribution in [3.8, 4) is 0 Å². The molecule has 0 aliphatic carbocycles. The molecule has 0 aliphatic rings. The summed E-state index contributed by atoms with van der Waals surface area (Å²) in [5.74, 6) is 0.425. The lowest BCUT2D eigenvalue weighted by Gasteiger charge is -2.29. The highest BCUT2D eigenvalue weighted by Crippen LogP contribution is 2.20. The van der Waals surface area contributed by atoms with Gasteiger partial charge in [0.2, 0.25) is 0 Å². The average molecular weight is 306 g/mol. The topological polar surface area (TPSA) is 43.8 Å². The zero-order chi connectivity index (χ0) is 16.7.